The maximum atomic E-state index is 13.1. The molecule has 5 N–H and O–H groups in total. The minimum Gasteiger partial charge on any atom is -0.394 e. The summed E-state index contributed by atoms with van der Waals surface area (Å²) in [6.07, 6.45) is -7.80. The van der Waals surface area contributed by atoms with E-state index in [0.717, 1.165) is 0 Å². The van der Waals surface area contributed by atoms with Crippen LogP contribution in [0.1, 0.15) is 0 Å². The minimum atomic E-state index is -3.38. The standard InChI is InChI=1S/C6H11FO6/c7-6(12)3(9)2(1-8)13-5(11)4(6)10/h2-5,8-12H,1H2/t2-,3+,4-,5+,6-/m1/s1. The second-order valence-corrected chi connectivity index (χ2v) is 2.86. The maximum absolute atomic E-state index is 13.1. The molecule has 13 heavy (non-hydrogen) atoms. The highest BCUT2D eigenvalue weighted by atomic mass is 19.2. The van der Waals surface area contributed by atoms with Crippen LogP contribution < -0.4 is 0 Å². The molecule has 6 nitrogen and oxygen atoms in total. The summed E-state index contributed by atoms with van der Waals surface area (Å²) in [7, 11) is 0. The van der Waals surface area contributed by atoms with Crippen molar-refractivity contribution < 1.29 is 34.7 Å². The highest BCUT2D eigenvalue weighted by Gasteiger charge is 2.55. The van der Waals surface area contributed by atoms with Crippen LogP contribution in [0, 0.1) is 0 Å². The number of rotatable bonds is 1. The number of alkyl halides is 1. The van der Waals surface area contributed by atoms with Gasteiger partial charge in [-0.05, 0) is 0 Å². The van der Waals surface area contributed by atoms with E-state index >= 15 is 0 Å². The summed E-state index contributed by atoms with van der Waals surface area (Å²) in [6, 6.07) is 0. The van der Waals surface area contributed by atoms with Crippen molar-refractivity contribution in [2.45, 2.75) is 30.5 Å². The van der Waals surface area contributed by atoms with Crippen LogP contribution in [0.3, 0.4) is 0 Å². The molecule has 0 aromatic rings. The van der Waals surface area contributed by atoms with Gasteiger partial charge in [0.25, 0.3) is 5.85 Å². The van der Waals surface area contributed by atoms with Crippen LogP contribution in [-0.2, 0) is 4.74 Å². The van der Waals surface area contributed by atoms with E-state index in [0.29, 0.717) is 0 Å². The van der Waals surface area contributed by atoms with Crippen molar-refractivity contribution in [1.29, 1.82) is 0 Å². The van der Waals surface area contributed by atoms with Gasteiger partial charge in [-0.15, -0.1) is 0 Å². The fourth-order valence-electron chi connectivity index (χ4n) is 1.11. The monoisotopic (exact) mass is 198 g/mol. The SMILES string of the molecule is OC[C@H]1O[C@H](O)[C@@H](O)[C@@](O)(F)[C@H]1O. The molecule has 0 aromatic carbocycles. The largest absolute Gasteiger partial charge is 0.394 e. The van der Waals surface area contributed by atoms with E-state index in [4.69, 9.17) is 25.5 Å². The predicted octanol–water partition coefficient (Wildman–Crippen LogP) is -2.92. The van der Waals surface area contributed by atoms with Gasteiger partial charge in [-0.1, -0.05) is 0 Å². The summed E-state index contributed by atoms with van der Waals surface area (Å²) in [5.74, 6) is -3.38. The Bertz CT molecular complexity index is 186. The third-order valence-corrected chi connectivity index (χ3v) is 1.95. The van der Waals surface area contributed by atoms with E-state index in [-0.39, 0.29) is 0 Å². The second-order valence-electron chi connectivity index (χ2n) is 2.86. The molecule has 1 saturated heterocycles. The first kappa shape index (κ1) is 10.8. The number of aliphatic hydroxyl groups is 5. The van der Waals surface area contributed by atoms with Crippen LogP contribution in [0.2, 0.25) is 0 Å². The molecule has 0 aromatic heterocycles. The fraction of sp³-hybridized carbons (Fsp3) is 1.00. The van der Waals surface area contributed by atoms with Gasteiger partial charge in [0.2, 0.25) is 0 Å². The number of halogens is 1. The third kappa shape index (κ3) is 1.66. The van der Waals surface area contributed by atoms with E-state index in [1.807, 2.05) is 0 Å². The molecule has 0 amide bonds. The summed E-state index contributed by atoms with van der Waals surface area (Å²) in [6.45, 7) is -0.781. The second kappa shape index (κ2) is 3.45. The van der Waals surface area contributed by atoms with Crippen molar-refractivity contribution in [2.24, 2.45) is 0 Å². The predicted molar refractivity (Wildman–Crippen MR) is 36.0 cm³/mol. The molecule has 1 aliphatic rings. The molecule has 5 atom stereocenters. The van der Waals surface area contributed by atoms with E-state index < -0.39 is 37.1 Å². The third-order valence-electron chi connectivity index (χ3n) is 1.95. The highest BCUT2D eigenvalue weighted by molar-refractivity contribution is 4.94. The van der Waals surface area contributed by atoms with Crippen LogP contribution in [0.5, 0.6) is 0 Å². The van der Waals surface area contributed by atoms with Crippen LogP contribution >= 0.6 is 0 Å². The Morgan fingerprint density at radius 1 is 1.23 bits per heavy atom. The Balaban J connectivity index is 2.82. The smallest absolute Gasteiger partial charge is 0.266 e. The van der Waals surface area contributed by atoms with Crippen molar-refractivity contribution >= 4 is 0 Å². The Morgan fingerprint density at radius 2 is 1.77 bits per heavy atom. The zero-order valence-electron chi connectivity index (χ0n) is 6.54. The van der Waals surface area contributed by atoms with Gasteiger partial charge < -0.3 is 30.3 Å². The molecule has 78 valence electrons. The summed E-state index contributed by atoms with van der Waals surface area (Å²) in [5.41, 5.74) is 0. The molecular weight excluding hydrogens is 187 g/mol. The Morgan fingerprint density at radius 3 is 2.23 bits per heavy atom. The van der Waals surface area contributed by atoms with Crippen LogP contribution in [0.4, 0.5) is 4.39 Å². The molecule has 0 saturated carbocycles. The normalized spacial score (nSPS) is 52.2. The van der Waals surface area contributed by atoms with E-state index in [9.17, 15) is 4.39 Å². The molecule has 0 aliphatic carbocycles. The number of ether oxygens (including phenoxy) is 1. The molecule has 0 spiro atoms. The molecule has 0 bridgehead atoms. The molecule has 0 radical (unpaired) electrons. The average molecular weight is 198 g/mol. The Labute approximate surface area is 72.8 Å². The van der Waals surface area contributed by atoms with Crippen molar-refractivity contribution in [3.8, 4) is 0 Å². The van der Waals surface area contributed by atoms with Crippen molar-refractivity contribution in [3.05, 3.63) is 0 Å². The van der Waals surface area contributed by atoms with E-state index in [2.05, 4.69) is 4.74 Å². The Hall–Kier alpha value is -0.310. The molecule has 1 rings (SSSR count). The lowest BCUT2D eigenvalue weighted by atomic mass is 9.97. The molecule has 7 heteroatoms. The summed E-state index contributed by atoms with van der Waals surface area (Å²) in [5, 5.41) is 44.1. The van der Waals surface area contributed by atoms with Gasteiger partial charge in [0.1, 0.15) is 12.2 Å². The zero-order chi connectivity index (χ0) is 10.2. The summed E-state index contributed by atoms with van der Waals surface area (Å²) in [4.78, 5) is 0. The first-order valence-corrected chi connectivity index (χ1v) is 3.63. The van der Waals surface area contributed by atoms with Gasteiger partial charge >= 0.3 is 0 Å². The van der Waals surface area contributed by atoms with Crippen LogP contribution in [0.25, 0.3) is 0 Å². The van der Waals surface area contributed by atoms with Gasteiger partial charge in [0.15, 0.2) is 12.4 Å². The topological polar surface area (TPSA) is 110 Å². The van der Waals surface area contributed by atoms with Gasteiger partial charge in [-0.2, -0.15) is 0 Å². The lowest BCUT2D eigenvalue weighted by molar-refractivity contribution is -0.357. The lowest BCUT2D eigenvalue weighted by Gasteiger charge is -2.41. The molecule has 1 fully saturated rings. The van der Waals surface area contributed by atoms with Gasteiger partial charge in [0, 0.05) is 0 Å². The van der Waals surface area contributed by atoms with Crippen molar-refractivity contribution in [1.82, 2.24) is 0 Å². The van der Waals surface area contributed by atoms with Gasteiger partial charge in [-0.25, -0.2) is 4.39 Å². The first-order valence-electron chi connectivity index (χ1n) is 3.63. The van der Waals surface area contributed by atoms with Crippen molar-refractivity contribution in [3.63, 3.8) is 0 Å². The number of aliphatic hydroxyl groups excluding tert-OH is 4. The number of hydrogen-bond donors (Lipinski definition) is 5. The highest BCUT2D eigenvalue weighted by Crippen LogP contribution is 2.29. The van der Waals surface area contributed by atoms with Crippen LogP contribution in [0.15, 0.2) is 0 Å². The van der Waals surface area contributed by atoms with Crippen LogP contribution in [-0.4, -0.2) is 62.6 Å². The Kier molecular flexibility index (Phi) is 2.85. The zero-order valence-corrected chi connectivity index (χ0v) is 6.54. The minimum absolute atomic E-state index is 0.781. The lowest BCUT2D eigenvalue weighted by Crippen LogP contribution is -2.64. The molecule has 1 heterocycles. The quantitative estimate of drug-likeness (QED) is 0.308. The van der Waals surface area contributed by atoms with Crippen molar-refractivity contribution in [2.75, 3.05) is 6.61 Å². The molecular formula is C6H11FO6. The fourth-order valence-corrected chi connectivity index (χ4v) is 1.11. The maximum Gasteiger partial charge on any atom is 0.266 e. The first-order chi connectivity index (χ1) is 5.91. The average Bonchev–Trinajstić information content (AvgIpc) is 2.09. The molecule has 1 aliphatic heterocycles. The number of hydrogen-bond acceptors (Lipinski definition) is 6. The van der Waals surface area contributed by atoms with E-state index in [1.54, 1.807) is 0 Å². The van der Waals surface area contributed by atoms with Gasteiger partial charge in [-0.3, -0.25) is 0 Å². The molecule has 0 unspecified atom stereocenters. The van der Waals surface area contributed by atoms with E-state index in [1.165, 1.54) is 0 Å². The summed E-state index contributed by atoms with van der Waals surface area (Å²) >= 11 is 0. The summed E-state index contributed by atoms with van der Waals surface area (Å²) < 4.78 is 17.5. The van der Waals surface area contributed by atoms with Gasteiger partial charge in [0.05, 0.1) is 6.61 Å².